The zero-order valence-corrected chi connectivity index (χ0v) is 15.8. The van der Waals surface area contributed by atoms with Crippen LogP contribution in [0.5, 0.6) is 5.75 Å². The molecular weight excluding hydrogens is 394 g/mol. The van der Waals surface area contributed by atoms with Crippen LogP contribution in [0.25, 0.3) is 0 Å². The first-order valence-electron chi connectivity index (χ1n) is 7.51. The topological polar surface area (TPSA) is 64.6 Å². The van der Waals surface area contributed by atoms with Crippen LogP contribution in [-0.4, -0.2) is 25.1 Å². The van der Waals surface area contributed by atoms with Crippen molar-refractivity contribution in [3.63, 3.8) is 0 Å². The number of ether oxygens (including phenoxy) is 2. The van der Waals surface area contributed by atoms with E-state index in [0.717, 1.165) is 15.8 Å². The van der Waals surface area contributed by atoms with E-state index in [9.17, 15) is 9.59 Å². The van der Waals surface area contributed by atoms with E-state index in [4.69, 9.17) is 9.47 Å². The van der Waals surface area contributed by atoms with Gasteiger partial charge in [-0.25, -0.2) is 4.79 Å². The summed E-state index contributed by atoms with van der Waals surface area (Å²) in [4.78, 5) is 25.1. The van der Waals surface area contributed by atoms with Crippen LogP contribution < -0.4 is 10.1 Å². The van der Waals surface area contributed by atoms with Crippen molar-refractivity contribution in [2.45, 2.75) is 20.3 Å². The number of aryl methyl sites for hydroxylation is 1. The van der Waals surface area contributed by atoms with Crippen molar-refractivity contribution in [2.24, 2.45) is 0 Å². The highest BCUT2D eigenvalue weighted by Gasteiger charge is 2.18. The third-order valence-corrected chi connectivity index (χ3v) is 4.79. The Bertz CT molecular complexity index is 712. The predicted molar refractivity (Wildman–Crippen MR) is 97.9 cm³/mol. The molecule has 0 fully saturated rings. The highest BCUT2D eigenvalue weighted by Crippen LogP contribution is 2.29. The van der Waals surface area contributed by atoms with Gasteiger partial charge in [-0.1, -0.05) is 22.9 Å². The lowest BCUT2D eigenvalue weighted by Gasteiger charge is -2.08. The molecule has 2 aromatic rings. The number of thiophene rings is 1. The molecule has 1 N–H and O–H groups in total. The lowest BCUT2D eigenvalue weighted by atomic mass is 10.2. The molecule has 0 spiro atoms. The van der Waals surface area contributed by atoms with Gasteiger partial charge < -0.3 is 14.8 Å². The fraction of sp³-hybridized carbons (Fsp3) is 0.294. The Morgan fingerprint density at radius 2 is 1.92 bits per heavy atom. The molecule has 0 aliphatic rings. The second kappa shape index (κ2) is 8.84. The number of halogens is 1. The van der Waals surface area contributed by atoms with Gasteiger partial charge in [-0.2, -0.15) is 0 Å². The predicted octanol–water partition coefficient (Wildman–Crippen LogP) is 4.27. The molecule has 0 aliphatic heterocycles. The number of esters is 1. The molecule has 5 nitrogen and oxygen atoms in total. The second-order valence-corrected chi connectivity index (χ2v) is 6.87. The van der Waals surface area contributed by atoms with E-state index in [0.29, 0.717) is 16.3 Å². The Hall–Kier alpha value is -1.86. The summed E-state index contributed by atoms with van der Waals surface area (Å²) in [5.74, 6) is -0.162. The van der Waals surface area contributed by atoms with Crippen molar-refractivity contribution in [1.82, 2.24) is 0 Å². The zero-order chi connectivity index (χ0) is 17.5. The van der Waals surface area contributed by atoms with Crippen LogP contribution in [0.3, 0.4) is 0 Å². The number of amides is 1. The average Bonchev–Trinajstić information content (AvgIpc) is 2.97. The molecule has 0 saturated carbocycles. The van der Waals surface area contributed by atoms with Crippen molar-refractivity contribution >= 4 is 44.1 Å². The van der Waals surface area contributed by atoms with Crippen LogP contribution in [0, 0.1) is 0 Å². The maximum Gasteiger partial charge on any atom is 0.341 e. The van der Waals surface area contributed by atoms with Gasteiger partial charge in [0.15, 0.2) is 6.61 Å². The third kappa shape index (κ3) is 5.07. The van der Waals surface area contributed by atoms with E-state index >= 15 is 0 Å². The summed E-state index contributed by atoms with van der Waals surface area (Å²) in [6.07, 6.45) is 0.780. The van der Waals surface area contributed by atoms with Gasteiger partial charge in [-0.15, -0.1) is 11.3 Å². The molecule has 2 rings (SSSR count). The quantitative estimate of drug-likeness (QED) is 0.690. The molecule has 128 valence electrons. The molecular formula is C17H18BrNO4S. The maximum absolute atomic E-state index is 12.1. The minimum absolute atomic E-state index is 0.136. The van der Waals surface area contributed by atoms with E-state index in [2.05, 4.69) is 21.2 Å². The fourth-order valence-corrected chi connectivity index (χ4v) is 3.18. The van der Waals surface area contributed by atoms with Gasteiger partial charge in [-0.3, -0.25) is 4.79 Å². The van der Waals surface area contributed by atoms with Gasteiger partial charge in [-0.05, 0) is 43.7 Å². The van der Waals surface area contributed by atoms with E-state index in [1.165, 1.54) is 11.3 Å². The van der Waals surface area contributed by atoms with Crippen LogP contribution in [0.1, 0.15) is 29.1 Å². The molecule has 0 unspecified atom stereocenters. The monoisotopic (exact) mass is 411 g/mol. The largest absolute Gasteiger partial charge is 0.484 e. The molecule has 1 heterocycles. The molecule has 7 heteroatoms. The Labute approximate surface area is 153 Å². The summed E-state index contributed by atoms with van der Waals surface area (Å²) < 4.78 is 11.4. The lowest BCUT2D eigenvalue weighted by Crippen LogP contribution is -2.21. The molecule has 0 atom stereocenters. The van der Waals surface area contributed by atoms with Crippen LogP contribution in [0.15, 0.2) is 34.8 Å². The summed E-state index contributed by atoms with van der Waals surface area (Å²) in [5.41, 5.74) is 0.385. The summed E-state index contributed by atoms with van der Waals surface area (Å²) in [7, 11) is 0. The number of nitrogens with one attached hydrogen (secondary N) is 1. The van der Waals surface area contributed by atoms with Gasteiger partial charge in [0.25, 0.3) is 5.91 Å². The Kier molecular flexibility index (Phi) is 6.81. The Balaban J connectivity index is 2.01. The van der Waals surface area contributed by atoms with Gasteiger partial charge in [0.2, 0.25) is 0 Å². The van der Waals surface area contributed by atoms with Gasteiger partial charge in [0.1, 0.15) is 10.8 Å². The first-order chi connectivity index (χ1) is 11.5. The normalized spacial score (nSPS) is 10.3. The first kappa shape index (κ1) is 18.5. The number of hydrogen-bond donors (Lipinski definition) is 1. The standard InChI is InChI=1S/C17H18BrNO4S/c1-3-13-9-14(17(21)22-4-2)16(24-13)19-15(20)10-23-12-7-5-11(18)6-8-12/h5-9H,3-4,10H2,1-2H3,(H,19,20). The lowest BCUT2D eigenvalue weighted by molar-refractivity contribution is -0.118. The number of benzene rings is 1. The zero-order valence-electron chi connectivity index (χ0n) is 13.4. The average molecular weight is 412 g/mol. The van der Waals surface area contributed by atoms with Crippen molar-refractivity contribution in [2.75, 3.05) is 18.5 Å². The number of rotatable bonds is 7. The summed E-state index contributed by atoms with van der Waals surface area (Å²) in [5, 5.41) is 3.23. The van der Waals surface area contributed by atoms with Crippen molar-refractivity contribution < 1.29 is 19.1 Å². The number of carbonyl (C=O) groups is 2. The van der Waals surface area contributed by atoms with Crippen molar-refractivity contribution in [1.29, 1.82) is 0 Å². The molecule has 0 aliphatic carbocycles. The van der Waals surface area contributed by atoms with Crippen LogP contribution in [-0.2, 0) is 16.0 Å². The Morgan fingerprint density at radius 1 is 1.21 bits per heavy atom. The van der Waals surface area contributed by atoms with Gasteiger partial charge >= 0.3 is 5.97 Å². The third-order valence-electron chi connectivity index (χ3n) is 3.06. The Morgan fingerprint density at radius 3 is 2.54 bits per heavy atom. The second-order valence-electron chi connectivity index (χ2n) is 4.82. The van der Waals surface area contributed by atoms with Gasteiger partial charge in [0, 0.05) is 9.35 Å². The number of anilines is 1. The molecule has 24 heavy (non-hydrogen) atoms. The highest BCUT2D eigenvalue weighted by molar-refractivity contribution is 9.10. The van der Waals surface area contributed by atoms with Crippen molar-refractivity contribution in [3.8, 4) is 5.75 Å². The van der Waals surface area contributed by atoms with Crippen LogP contribution >= 0.6 is 27.3 Å². The number of hydrogen-bond acceptors (Lipinski definition) is 5. The molecule has 1 amide bonds. The van der Waals surface area contributed by atoms with Gasteiger partial charge in [0.05, 0.1) is 12.2 Å². The molecule has 0 bridgehead atoms. The molecule has 0 saturated heterocycles. The van der Waals surface area contributed by atoms with E-state index < -0.39 is 5.97 Å². The molecule has 1 aromatic heterocycles. The SMILES string of the molecule is CCOC(=O)c1cc(CC)sc1NC(=O)COc1ccc(Br)cc1. The van der Waals surface area contributed by atoms with Crippen LogP contribution in [0.2, 0.25) is 0 Å². The fourth-order valence-electron chi connectivity index (χ4n) is 1.91. The molecule has 1 aromatic carbocycles. The van der Waals surface area contributed by atoms with E-state index in [1.807, 2.05) is 19.1 Å². The summed E-state index contributed by atoms with van der Waals surface area (Å²) >= 11 is 4.71. The molecule has 0 radical (unpaired) electrons. The smallest absolute Gasteiger partial charge is 0.341 e. The maximum atomic E-state index is 12.1. The van der Waals surface area contributed by atoms with E-state index in [1.54, 1.807) is 25.1 Å². The van der Waals surface area contributed by atoms with Crippen molar-refractivity contribution in [3.05, 3.63) is 45.2 Å². The summed E-state index contributed by atoms with van der Waals surface area (Å²) in [6.45, 7) is 3.89. The number of carbonyl (C=O) groups excluding carboxylic acids is 2. The minimum Gasteiger partial charge on any atom is -0.484 e. The first-order valence-corrected chi connectivity index (χ1v) is 9.12. The minimum atomic E-state index is -0.433. The summed E-state index contributed by atoms with van der Waals surface area (Å²) in [6, 6.07) is 8.95. The van der Waals surface area contributed by atoms with E-state index in [-0.39, 0.29) is 19.1 Å². The van der Waals surface area contributed by atoms with Crippen LogP contribution in [0.4, 0.5) is 5.00 Å². The highest BCUT2D eigenvalue weighted by atomic mass is 79.9.